The highest BCUT2D eigenvalue weighted by molar-refractivity contribution is 5.68. The molecule has 1 saturated heterocycles. The molecule has 1 aliphatic rings. The fourth-order valence-corrected chi connectivity index (χ4v) is 2.91. The molecular formula is C16H23NO2. The molecule has 1 aromatic rings. The molecule has 1 aromatic carbocycles. The molecule has 0 saturated carbocycles. The second-order valence-corrected chi connectivity index (χ2v) is 5.48. The topological polar surface area (TPSA) is 40.5 Å². The van der Waals surface area contributed by atoms with E-state index in [1.165, 1.54) is 31.2 Å². The monoisotopic (exact) mass is 261 g/mol. The van der Waals surface area contributed by atoms with Crippen LogP contribution in [-0.4, -0.2) is 29.1 Å². The third-order valence-electron chi connectivity index (χ3n) is 3.88. The molecule has 2 rings (SSSR count). The van der Waals surface area contributed by atoms with E-state index in [0.717, 1.165) is 18.7 Å². The van der Waals surface area contributed by atoms with Crippen molar-refractivity contribution in [2.75, 3.05) is 13.1 Å². The Balaban J connectivity index is 2.21. The highest BCUT2D eigenvalue weighted by Crippen LogP contribution is 2.27. The van der Waals surface area contributed by atoms with E-state index in [2.05, 4.69) is 30.0 Å². The van der Waals surface area contributed by atoms with Crippen LogP contribution in [0.1, 0.15) is 49.3 Å². The van der Waals surface area contributed by atoms with E-state index in [9.17, 15) is 9.90 Å². The molecule has 3 heteroatoms. The third-order valence-corrected chi connectivity index (χ3v) is 3.88. The number of hydrogen-bond donors (Lipinski definition) is 1. The lowest BCUT2D eigenvalue weighted by Crippen LogP contribution is -2.31. The van der Waals surface area contributed by atoms with Gasteiger partial charge in [-0.15, -0.1) is 0 Å². The molecule has 0 radical (unpaired) electrons. The van der Waals surface area contributed by atoms with Gasteiger partial charge in [-0.1, -0.05) is 42.7 Å². The Labute approximate surface area is 115 Å². The van der Waals surface area contributed by atoms with Gasteiger partial charge in [0.15, 0.2) is 0 Å². The maximum atomic E-state index is 11.2. The average molecular weight is 261 g/mol. The molecule has 1 atom stereocenters. The molecule has 3 nitrogen and oxygen atoms in total. The van der Waals surface area contributed by atoms with Gasteiger partial charge in [0.05, 0.1) is 6.42 Å². The molecule has 0 aromatic heterocycles. The van der Waals surface area contributed by atoms with Crippen molar-refractivity contribution in [3.05, 3.63) is 35.4 Å². The number of nitrogens with zero attached hydrogens (tertiary/aromatic N) is 1. The van der Waals surface area contributed by atoms with Gasteiger partial charge in [0.1, 0.15) is 0 Å². The van der Waals surface area contributed by atoms with Crippen molar-refractivity contribution in [2.24, 2.45) is 0 Å². The number of hydrogen-bond acceptors (Lipinski definition) is 2. The number of likely N-dealkylation sites (tertiary alicyclic amines) is 1. The molecule has 1 fully saturated rings. The highest BCUT2D eigenvalue weighted by atomic mass is 16.4. The number of aliphatic carboxylic acids is 1. The standard InChI is InChI=1S/C16H23NO2/c1-13-7-6-8-14(11-13)15(12-16(18)19)17-9-4-2-3-5-10-17/h6-8,11,15H,2-5,9-10,12H2,1H3,(H,18,19). The lowest BCUT2D eigenvalue weighted by Gasteiger charge is -2.30. The van der Waals surface area contributed by atoms with Gasteiger partial charge >= 0.3 is 5.97 Å². The van der Waals surface area contributed by atoms with Crippen LogP contribution in [0.25, 0.3) is 0 Å². The fraction of sp³-hybridized carbons (Fsp3) is 0.562. The Hall–Kier alpha value is -1.35. The molecule has 0 amide bonds. The van der Waals surface area contributed by atoms with Crippen LogP contribution in [0.15, 0.2) is 24.3 Å². The van der Waals surface area contributed by atoms with Gasteiger partial charge in [-0.05, 0) is 38.4 Å². The van der Waals surface area contributed by atoms with E-state index in [-0.39, 0.29) is 12.5 Å². The van der Waals surface area contributed by atoms with Crippen LogP contribution in [0.3, 0.4) is 0 Å². The zero-order valence-electron chi connectivity index (χ0n) is 11.6. The summed E-state index contributed by atoms with van der Waals surface area (Å²) in [5.41, 5.74) is 2.34. The molecule has 19 heavy (non-hydrogen) atoms. The van der Waals surface area contributed by atoms with Crippen LogP contribution in [0.4, 0.5) is 0 Å². The van der Waals surface area contributed by atoms with Crippen molar-refractivity contribution in [3.8, 4) is 0 Å². The van der Waals surface area contributed by atoms with E-state index in [1.807, 2.05) is 6.07 Å². The largest absolute Gasteiger partial charge is 0.481 e. The first-order valence-electron chi connectivity index (χ1n) is 7.19. The Bertz CT molecular complexity index is 423. The Morgan fingerprint density at radius 2 is 1.95 bits per heavy atom. The van der Waals surface area contributed by atoms with E-state index in [4.69, 9.17) is 0 Å². The van der Waals surface area contributed by atoms with E-state index >= 15 is 0 Å². The highest BCUT2D eigenvalue weighted by Gasteiger charge is 2.23. The van der Waals surface area contributed by atoms with Crippen LogP contribution >= 0.6 is 0 Å². The number of carboxylic acids is 1. The summed E-state index contributed by atoms with van der Waals surface area (Å²) >= 11 is 0. The van der Waals surface area contributed by atoms with E-state index < -0.39 is 5.97 Å². The minimum absolute atomic E-state index is 0.0236. The summed E-state index contributed by atoms with van der Waals surface area (Å²) in [4.78, 5) is 13.5. The summed E-state index contributed by atoms with van der Waals surface area (Å²) in [7, 11) is 0. The second kappa shape index (κ2) is 6.71. The zero-order chi connectivity index (χ0) is 13.7. The minimum atomic E-state index is -0.712. The number of aryl methyl sites for hydroxylation is 1. The molecule has 1 aliphatic heterocycles. The van der Waals surface area contributed by atoms with E-state index in [0.29, 0.717) is 0 Å². The second-order valence-electron chi connectivity index (χ2n) is 5.48. The summed E-state index contributed by atoms with van der Waals surface area (Å²) < 4.78 is 0. The summed E-state index contributed by atoms with van der Waals surface area (Å²) in [6, 6.07) is 8.29. The van der Waals surface area contributed by atoms with Crippen LogP contribution in [0, 0.1) is 6.92 Å². The van der Waals surface area contributed by atoms with Gasteiger partial charge in [0, 0.05) is 6.04 Å². The van der Waals surface area contributed by atoms with Crippen molar-refractivity contribution >= 4 is 5.97 Å². The van der Waals surface area contributed by atoms with Gasteiger partial charge in [-0.2, -0.15) is 0 Å². The summed E-state index contributed by atoms with van der Waals surface area (Å²) in [5, 5.41) is 9.19. The van der Waals surface area contributed by atoms with Crippen LogP contribution in [0.5, 0.6) is 0 Å². The fourth-order valence-electron chi connectivity index (χ4n) is 2.91. The normalized spacial score (nSPS) is 18.8. The third kappa shape index (κ3) is 4.06. The van der Waals surface area contributed by atoms with Gasteiger partial charge in [0.2, 0.25) is 0 Å². The Morgan fingerprint density at radius 3 is 2.53 bits per heavy atom. The van der Waals surface area contributed by atoms with Gasteiger partial charge in [0.25, 0.3) is 0 Å². The number of carbonyl (C=O) groups is 1. The van der Waals surface area contributed by atoms with Crippen molar-refractivity contribution < 1.29 is 9.90 Å². The Morgan fingerprint density at radius 1 is 1.26 bits per heavy atom. The lowest BCUT2D eigenvalue weighted by atomic mass is 10.00. The summed E-state index contributed by atoms with van der Waals surface area (Å²) in [6.07, 6.45) is 5.10. The van der Waals surface area contributed by atoms with Crippen molar-refractivity contribution in [2.45, 2.75) is 45.1 Å². The molecule has 1 unspecified atom stereocenters. The lowest BCUT2D eigenvalue weighted by molar-refractivity contribution is -0.138. The van der Waals surface area contributed by atoms with Crippen molar-refractivity contribution in [3.63, 3.8) is 0 Å². The molecule has 104 valence electrons. The zero-order valence-corrected chi connectivity index (χ0v) is 11.6. The number of rotatable bonds is 4. The summed E-state index contributed by atoms with van der Waals surface area (Å²) in [6.45, 7) is 4.10. The smallest absolute Gasteiger partial charge is 0.305 e. The molecular weight excluding hydrogens is 238 g/mol. The predicted octanol–water partition coefficient (Wildman–Crippen LogP) is 3.39. The molecule has 0 bridgehead atoms. The molecule has 1 heterocycles. The maximum Gasteiger partial charge on any atom is 0.305 e. The van der Waals surface area contributed by atoms with Gasteiger partial charge < -0.3 is 5.11 Å². The first-order valence-corrected chi connectivity index (χ1v) is 7.19. The number of benzene rings is 1. The van der Waals surface area contributed by atoms with Crippen molar-refractivity contribution in [1.29, 1.82) is 0 Å². The van der Waals surface area contributed by atoms with Crippen molar-refractivity contribution in [1.82, 2.24) is 4.90 Å². The molecule has 0 spiro atoms. The SMILES string of the molecule is Cc1cccc(C(CC(=O)O)N2CCCCCC2)c1. The number of carboxylic acid groups (broad SMARTS) is 1. The first kappa shape index (κ1) is 14.1. The maximum absolute atomic E-state index is 11.2. The predicted molar refractivity (Wildman–Crippen MR) is 76.2 cm³/mol. The van der Waals surface area contributed by atoms with E-state index in [1.54, 1.807) is 0 Å². The molecule has 1 N–H and O–H groups in total. The van der Waals surface area contributed by atoms with Gasteiger partial charge in [-0.3, -0.25) is 9.69 Å². The molecule has 0 aliphatic carbocycles. The van der Waals surface area contributed by atoms with Gasteiger partial charge in [-0.25, -0.2) is 0 Å². The minimum Gasteiger partial charge on any atom is -0.481 e. The quantitative estimate of drug-likeness (QED) is 0.903. The Kier molecular flexibility index (Phi) is 4.97. The van der Waals surface area contributed by atoms with Crippen LogP contribution < -0.4 is 0 Å². The van der Waals surface area contributed by atoms with Crippen LogP contribution in [0.2, 0.25) is 0 Å². The van der Waals surface area contributed by atoms with Crippen LogP contribution in [-0.2, 0) is 4.79 Å². The summed E-state index contributed by atoms with van der Waals surface area (Å²) in [5.74, 6) is -0.712. The first-order chi connectivity index (χ1) is 9.16. The average Bonchev–Trinajstić information content (AvgIpc) is 2.64.